The number of hydrogen-bond acceptors (Lipinski definition) is 1. The van der Waals surface area contributed by atoms with Gasteiger partial charge in [0.1, 0.15) is 6.20 Å². The Hall–Kier alpha value is -1.57. The van der Waals surface area contributed by atoms with Crippen molar-refractivity contribution in [2.24, 2.45) is 0 Å². The van der Waals surface area contributed by atoms with Crippen LogP contribution in [0.5, 0.6) is 0 Å². The fraction of sp³-hybridized carbons (Fsp3) is 0. The molecule has 11 heavy (non-hydrogen) atoms. The average molecular weight is 143 g/mol. The van der Waals surface area contributed by atoms with Gasteiger partial charge in [0.25, 0.3) is 0 Å². The molecule has 0 unspecified atom stereocenters. The number of fused-ring (bicyclic) bond motifs is 1. The summed E-state index contributed by atoms with van der Waals surface area (Å²) < 4.78 is 0. The lowest BCUT2D eigenvalue weighted by atomic mass is 10.1. The average Bonchev–Trinajstić information content (AvgIpc) is 2.50. The molecule has 1 aromatic heterocycles. The molecule has 0 amide bonds. The molecule has 0 fully saturated rings. The van der Waals surface area contributed by atoms with Gasteiger partial charge in [0.15, 0.2) is 0 Å². The summed E-state index contributed by atoms with van der Waals surface area (Å²) in [7, 11) is 0. The van der Waals surface area contributed by atoms with E-state index in [1.54, 1.807) is 6.08 Å². The van der Waals surface area contributed by atoms with Gasteiger partial charge < -0.3 is 0 Å². The third-order valence-electron chi connectivity index (χ3n) is 1.66. The van der Waals surface area contributed by atoms with Crippen LogP contribution in [0.25, 0.3) is 17.0 Å². The Bertz CT molecular complexity index is 387. The quantitative estimate of drug-likeness (QED) is 0.649. The van der Waals surface area contributed by atoms with Gasteiger partial charge in [-0.1, -0.05) is 24.8 Å². The molecule has 2 rings (SSSR count). The van der Waals surface area contributed by atoms with Crippen molar-refractivity contribution in [1.82, 2.24) is 10.2 Å². The summed E-state index contributed by atoms with van der Waals surface area (Å²) in [5, 5.41) is 7.66. The van der Waals surface area contributed by atoms with Gasteiger partial charge in [-0.2, -0.15) is 5.10 Å². The number of aromatic nitrogens is 2. The maximum Gasteiger partial charge on any atom is 0.121 e. The van der Waals surface area contributed by atoms with Gasteiger partial charge in [0.05, 0.1) is 5.52 Å². The predicted octanol–water partition coefficient (Wildman–Crippen LogP) is 2.01. The second-order valence-electron chi connectivity index (χ2n) is 2.31. The molecular formula is C9H7N2. The molecule has 0 atom stereocenters. The van der Waals surface area contributed by atoms with Crippen LogP contribution in [0.15, 0.2) is 24.8 Å². The van der Waals surface area contributed by atoms with Gasteiger partial charge in [-0.15, -0.1) is 0 Å². The van der Waals surface area contributed by atoms with Crippen molar-refractivity contribution in [2.45, 2.75) is 0 Å². The van der Waals surface area contributed by atoms with Crippen LogP contribution in [0.4, 0.5) is 0 Å². The molecular weight excluding hydrogens is 136 g/mol. The first-order chi connectivity index (χ1) is 5.42. The van der Waals surface area contributed by atoms with Gasteiger partial charge in [-0.05, 0) is 11.6 Å². The Morgan fingerprint density at radius 3 is 3.27 bits per heavy atom. The molecule has 0 aliphatic heterocycles. The Labute approximate surface area is 64.6 Å². The van der Waals surface area contributed by atoms with E-state index in [0.29, 0.717) is 0 Å². The number of nitrogens with zero attached hydrogens (tertiary/aromatic N) is 1. The van der Waals surface area contributed by atoms with Gasteiger partial charge in [0.2, 0.25) is 0 Å². The minimum atomic E-state index is 1.00. The minimum absolute atomic E-state index is 1.00. The van der Waals surface area contributed by atoms with E-state index in [-0.39, 0.29) is 0 Å². The topological polar surface area (TPSA) is 28.7 Å². The second kappa shape index (κ2) is 2.23. The Kier molecular flexibility index (Phi) is 1.25. The molecule has 0 aliphatic rings. The molecule has 1 N–H and O–H groups in total. The first kappa shape index (κ1) is 6.16. The SMILES string of the molecule is C=Cc1cccc2[nH]n[c]c12. The first-order valence-corrected chi connectivity index (χ1v) is 3.39. The van der Waals surface area contributed by atoms with E-state index in [1.165, 1.54) is 0 Å². The molecule has 0 aliphatic carbocycles. The highest BCUT2D eigenvalue weighted by Gasteiger charge is 1.97. The molecule has 1 aromatic carbocycles. The molecule has 0 saturated heterocycles. The molecule has 2 heteroatoms. The summed E-state index contributed by atoms with van der Waals surface area (Å²) in [6.45, 7) is 3.70. The van der Waals surface area contributed by atoms with Crippen LogP contribution in [-0.2, 0) is 0 Å². The van der Waals surface area contributed by atoms with Gasteiger partial charge in [-0.3, -0.25) is 5.10 Å². The van der Waals surface area contributed by atoms with Gasteiger partial charge >= 0.3 is 0 Å². The van der Waals surface area contributed by atoms with Crippen molar-refractivity contribution in [3.63, 3.8) is 0 Å². The number of hydrogen-bond donors (Lipinski definition) is 1. The van der Waals surface area contributed by atoms with E-state index in [4.69, 9.17) is 0 Å². The van der Waals surface area contributed by atoms with Crippen molar-refractivity contribution < 1.29 is 0 Å². The number of nitrogens with one attached hydrogen (secondary N) is 1. The van der Waals surface area contributed by atoms with E-state index in [2.05, 4.69) is 23.0 Å². The van der Waals surface area contributed by atoms with Crippen LogP contribution in [0.3, 0.4) is 0 Å². The van der Waals surface area contributed by atoms with Crippen LogP contribution in [0, 0.1) is 6.20 Å². The van der Waals surface area contributed by atoms with E-state index in [9.17, 15) is 0 Å². The molecule has 0 spiro atoms. The zero-order valence-electron chi connectivity index (χ0n) is 5.96. The zero-order valence-corrected chi connectivity index (χ0v) is 5.96. The van der Waals surface area contributed by atoms with Crippen molar-refractivity contribution in [3.05, 3.63) is 36.5 Å². The van der Waals surface area contributed by atoms with E-state index < -0.39 is 0 Å². The number of rotatable bonds is 1. The second-order valence-corrected chi connectivity index (χ2v) is 2.31. The first-order valence-electron chi connectivity index (χ1n) is 3.39. The summed E-state index contributed by atoms with van der Waals surface area (Å²) in [6.07, 6.45) is 4.66. The monoisotopic (exact) mass is 143 g/mol. The molecule has 1 radical (unpaired) electrons. The largest absolute Gasteiger partial charge is 0.277 e. The lowest BCUT2D eigenvalue weighted by molar-refractivity contribution is 1.11. The standard InChI is InChI=1S/C9H7N2/c1-2-7-4-3-5-9-8(7)6-10-11-9/h2-5H,1H2,(H,10,11). The minimum Gasteiger partial charge on any atom is -0.277 e. The summed E-state index contributed by atoms with van der Waals surface area (Å²) in [5.41, 5.74) is 2.07. The summed E-state index contributed by atoms with van der Waals surface area (Å²) in [5.74, 6) is 0. The zero-order chi connectivity index (χ0) is 7.68. The normalized spacial score (nSPS) is 10.2. The third-order valence-corrected chi connectivity index (χ3v) is 1.66. The third kappa shape index (κ3) is 0.835. The van der Waals surface area contributed by atoms with Crippen molar-refractivity contribution in [1.29, 1.82) is 0 Å². The van der Waals surface area contributed by atoms with Crippen LogP contribution < -0.4 is 0 Å². The number of H-pyrrole nitrogens is 1. The molecule has 0 saturated carbocycles. The fourth-order valence-corrected chi connectivity index (χ4v) is 1.10. The highest BCUT2D eigenvalue weighted by atomic mass is 15.1. The fourth-order valence-electron chi connectivity index (χ4n) is 1.10. The lowest BCUT2D eigenvalue weighted by Crippen LogP contribution is -1.72. The Balaban J connectivity index is 2.88. The van der Waals surface area contributed by atoms with Crippen LogP contribution in [0.1, 0.15) is 5.56 Å². The van der Waals surface area contributed by atoms with E-state index >= 15 is 0 Å². The maximum absolute atomic E-state index is 3.81. The van der Waals surface area contributed by atoms with Crippen molar-refractivity contribution in [3.8, 4) is 0 Å². The van der Waals surface area contributed by atoms with E-state index in [1.807, 2.05) is 18.2 Å². The smallest absolute Gasteiger partial charge is 0.121 e. The Morgan fingerprint density at radius 2 is 2.45 bits per heavy atom. The predicted molar refractivity (Wildman–Crippen MR) is 45.0 cm³/mol. The molecule has 2 aromatic rings. The molecule has 2 nitrogen and oxygen atoms in total. The molecule has 1 heterocycles. The van der Waals surface area contributed by atoms with Crippen LogP contribution >= 0.6 is 0 Å². The lowest BCUT2D eigenvalue weighted by Gasteiger charge is -1.91. The van der Waals surface area contributed by atoms with Crippen molar-refractivity contribution >= 4 is 17.0 Å². The Morgan fingerprint density at radius 1 is 1.55 bits per heavy atom. The van der Waals surface area contributed by atoms with Crippen molar-refractivity contribution in [2.75, 3.05) is 0 Å². The summed E-state index contributed by atoms with van der Waals surface area (Å²) in [4.78, 5) is 0. The molecule has 53 valence electrons. The van der Waals surface area contributed by atoms with E-state index in [0.717, 1.165) is 16.5 Å². The number of aromatic amines is 1. The van der Waals surface area contributed by atoms with Gasteiger partial charge in [-0.25, -0.2) is 0 Å². The van der Waals surface area contributed by atoms with Crippen LogP contribution in [0.2, 0.25) is 0 Å². The maximum atomic E-state index is 3.81. The molecule has 0 bridgehead atoms. The number of benzene rings is 1. The van der Waals surface area contributed by atoms with Gasteiger partial charge in [0, 0.05) is 5.39 Å². The summed E-state index contributed by atoms with van der Waals surface area (Å²) >= 11 is 0. The summed E-state index contributed by atoms with van der Waals surface area (Å²) in [6, 6.07) is 5.92. The highest BCUT2D eigenvalue weighted by molar-refractivity contribution is 5.86. The van der Waals surface area contributed by atoms with Crippen LogP contribution in [-0.4, -0.2) is 10.2 Å². The highest BCUT2D eigenvalue weighted by Crippen LogP contribution is 2.15.